The molecule has 90 valence electrons. The first-order valence-electron chi connectivity index (χ1n) is 6.14. The number of fused-ring (bicyclic) bond motifs is 1. The van der Waals surface area contributed by atoms with Crippen molar-refractivity contribution in [1.82, 2.24) is 0 Å². The van der Waals surface area contributed by atoms with Gasteiger partial charge in [-0.2, -0.15) is 0 Å². The topological polar surface area (TPSA) is 0 Å². The van der Waals surface area contributed by atoms with Crippen molar-refractivity contribution in [1.29, 1.82) is 0 Å². The molecule has 0 amide bonds. The predicted octanol–water partition coefficient (Wildman–Crippen LogP) is 4.94. The molecule has 0 heterocycles. The van der Waals surface area contributed by atoms with E-state index in [0.717, 1.165) is 5.56 Å². The summed E-state index contributed by atoms with van der Waals surface area (Å²) < 4.78 is 0. The molecule has 0 saturated carbocycles. The molecule has 1 heteroatoms. The van der Waals surface area contributed by atoms with Gasteiger partial charge >= 0.3 is 0 Å². The fourth-order valence-corrected chi connectivity index (χ4v) is 2.53. The largest absolute Gasteiger partial charge is 0.0622 e. The van der Waals surface area contributed by atoms with Gasteiger partial charge in [-0.1, -0.05) is 60.5 Å². The van der Waals surface area contributed by atoms with E-state index in [0.29, 0.717) is 0 Å². The maximum atomic E-state index is 3.25. The van der Waals surface area contributed by atoms with E-state index in [1.807, 2.05) is 18.2 Å². The number of thioether (sulfide) groups is 1. The number of rotatable bonds is 1. The average Bonchev–Trinajstić information content (AvgIpc) is 2.49. The van der Waals surface area contributed by atoms with Gasteiger partial charge in [0.15, 0.2) is 0 Å². The lowest BCUT2D eigenvalue weighted by molar-refractivity contribution is 1.47. The van der Waals surface area contributed by atoms with Crippen LogP contribution in [0.15, 0.2) is 77.7 Å². The Kier molecular flexibility index (Phi) is 3.54. The molecule has 0 bridgehead atoms. The van der Waals surface area contributed by atoms with Crippen molar-refractivity contribution in [3.05, 3.63) is 78.4 Å². The van der Waals surface area contributed by atoms with E-state index in [1.54, 1.807) is 11.8 Å². The minimum Gasteiger partial charge on any atom is -0.0622 e. The molecule has 0 aliphatic rings. The molecule has 0 aromatic heterocycles. The molecule has 0 N–H and O–H groups in total. The van der Waals surface area contributed by atoms with Gasteiger partial charge in [0.2, 0.25) is 0 Å². The molecule has 0 unspecified atom stereocenters. The highest BCUT2D eigenvalue weighted by Gasteiger charge is 1.96. The molecule has 0 aliphatic heterocycles. The summed E-state index contributed by atoms with van der Waals surface area (Å²) in [5.74, 6) is 3.25. The van der Waals surface area contributed by atoms with Crippen molar-refractivity contribution in [3.63, 3.8) is 0 Å². The van der Waals surface area contributed by atoms with Crippen LogP contribution >= 0.6 is 11.8 Å². The van der Waals surface area contributed by atoms with Gasteiger partial charge < -0.3 is 0 Å². The Hall–Kier alpha value is -2.17. The fourth-order valence-electron chi connectivity index (χ4n) is 1.96. The molecule has 0 atom stereocenters. The molecule has 0 fully saturated rings. The second-order valence-electron chi connectivity index (χ2n) is 4.17. The normalized spacial score (nSPS) is 9.89. The van der Waals surface area contributed by atoms with Gasteiger partial charge in [-0.3, -0.25) is 0 Å². The van der Waals surface area contributed by atoms with Crippen molar-refractivity contribution >= 4 is 22.5 Å². The molecule has 0 aliphatic carbocycles. The van der Waals surface area contributed by atoms with Crippen LogP contribution < -0.4 is 0 Å². The van der Waals surface area contributed by atoms with Gasteiger partial charge in [-0.15, -0.1) is 0 Å². The van der Waals surface area contributed by atoms with E-state index in [9.17, 15) is 0 Å². The lowest BCUT2D eigenvalue weighted by atomic mass is 10.1. The van der Waals surface area contributed by atoms with E-state index in [-0.39, 0.29) is 0 Å². The van der Waals surface area contributed by atoms with Crippen LogP contribution in [0.25, 0.3) is 10.8 Å². The smallest absolute Gasteiger partial charge is 0.0332 e. The van der Waals surface area contributed by atoms with Crippen LogP contribution in [-0.2, 0) is 0 Å². The maximum Gasteiger partial charge on any atom is 0.0332 e. The van der Waals surface area contributed by atoms with Crippen LogP contribution in [0, 0.1) is 11.2 Å². The quantitative estimate of drug-likeness (QED) is 0.441. The number of benzene rings is 3. The Bertz CT molecular complexity index is 743. The van der Waals surface area contributed by atoms with E-state index in [1.165, 1.54) is 15.7 Å². The second-order valence-corrected chi connectivity index (χ2v) is 5.05. The monoisotopic (exact) mass is 260 g/mol. The zero-order valence-corrected chi connectivity index (χ0v) is 11.2. The molecule has 3 aromatic rings. The first-order valence-corrected chi connectivity index (χ1v) is 6.96. The highest BCUT2D eigenvalue weighted by molar-refractivity contribution is 8.03. The first-order chi connectivity index (χ1) is 9.43. The zero-order chi connectivity index (χ0) is 12.9. The highest BCUT2D eigenvalue weighted by Crippen LogP contribution is 2.19. The van der Waals surface area contributed by atoms with Crippen LogP contribution in [0.3, 0.4) is 0 Å². The Morgan fingerprint density at radius 1 is 0.684 bits per heavy atom. The Balaban J connectivity index is 1.90. The summed E-state index contributed by atoms with van der Waals surface area (Å²) in [7, 11) is 0. The summed E-state index contributed by atoms with van der Waals surface area (Å²) in [5, 5.41) is 5.63. The predicted molar refractivity (Wildman–Crippen MR) is 83.1 cm³/mol. The minimum atomic E-state index is 1.08. The zero-order valence-electron chi connectivity index (χ0n) is 10.3. The van der Waals surface area contributed by atoms with Crippen molar-refractivity contribution in [3.8, 4) is 11.2 Å². The highest BCUT2D eigenvalue weighted by atomic mass is 32.2. The molecule has 0 spiro atoms. The van der Waals surface area contributed by atoms with Crippen molar-refractivity contribution in [2.24, 2.45) is 0 Å². The van der Waals surface area contributed by atoms with Gasteiger partial charge in [-0.25, -0.2) is 0 Å². The summed E-state index contributed by atoms with van der Waals surface area (Å²) in [6, 6.07) is 24.8. The van der Waals surface area contributed by atoms with Gasteiger partial charge in [0.05, 0.1) is 0 Å². The Morgan fingerprint density at radius 3 is 2.32 bits per heavy atom. The van der Waals surface area contributed by atoms with Crippen LogP contribution in [0.4, 0.5) is 0 Å². The van der Waals surface area contributed by atoms with Crippen molar-refractivity contribution in [2.45, 2.75) is 4.90 Å². The average molecular weight is 260 g/mol. The van der Waals surface area contributed by atoms with E-state index < -0.39 is 0 Å². The molecule has 0 nitrogen and oxygen atoms in total. The minimum absolute atomic E-state index is 1.08. The summed E-state index contributed by atoms with van der Waals surface area (Å²) in [6.07, 6.45) is 0. The lowest BCUT2D eigenvalue weighted by Crippen LogP contribution is -1.78. The third-order valence-electron chi connectivity index (χ3n) is 2.89. The van der Waals surface area contributed by atoms with E-state index in [4.69, 9.17) is 0 Å². The summed E-state index contributed by atoms with van der Waals surface area (Å²) >= 11 is 1.56. The second kappa shape index (κ2) is 5.65. The Labute approximate surface area is 117 Å². The van der Waals surface area contributed by atoms with Crippen molar-refractivity contribution < 1.29 is 0 Å². The van der Waals surface area contributed by atoms with Gasteiger partial charge in [0.25, 0.3) is 0 Å². The molecule has 3 aromatic carbocycles. The van der Waals surface area contributed by atoms with Gasteiger partial charge in [0, 0.05) is 10.5 Å². The number of hydrogen-bond donors (Lipinski definition) is 0. The van der Waals surface area contributed by atoms with Crippen LogP contribution in [0.1, 0.15) is 5.56 Å². The third-order valence-corrected chi connectivity index (χ3v) is 3.60. The standard InChI is InChI=1S/C18H12S/c1-2-10-17(11-3-1)19-14-13-16-9-6-8-15-7-4-5-12-18(15)16/h1-12H. The van der Waals surface area contributed by atoms with Crippen LogP contribution in [0.5, 0.6) is 0 Å². The molecule has 3 rings (SSSR count). The molecular weight excluding hydrogens is 248 g/mol. The van der Waals surface area contributed by atoms with Gasteiger partial charge in [0.1, 0.15) is 0 Å². The lowest BCUT2D eigenvalue weighted by Gasteiger charge is -1.99. The SMILES string of the molecule is C(#Cc1cccc2ccccc12)Sc1ccccc1. The summed E-state index contributed by atoms with van der Waals surface area (Å²) in [4.78, 5) is 1.18. The van der Waals surface area contributed by atoms with Crippen LogP contribution in [-0.4, -0.2) is 0 Å². The van der Waals surface area contributed by atoms with E-state index in [2.05, 4.69) is 65.8 Å². The third kappa shape index (κ3) is 2.81. The number of hydrogen-bond acceptors (Lipinski definition) is 1. The van der Waals surface area contributed by atoms with E-state index >= 15 is 0 Å². The summed E-state index contributed by atoms with van der Waals surface area (Å²) in [6.45, 7) is 0. The van der Waals surface area contributed by atoms with Crippen LogP contribution in [0.2, 0.25) is 0 Å². The van der Waals surface area contributed by atoms with Crippen molar-refractivity contribution in [2.75, 3.05) is 0 Å². The molecular formula is C18H12S. The summed E-state index contributed by atoms with van der Waals surface area (Å²) in [5.41, 5.74) is 1.08. The maximum absolute atomic E-state index is 3.25. The Morgan fingerprint density at radius 2 is 1.42 bits per heavy atom. The molecule has 19 heavy (non-hydrogen) atoms. The molecule has 0 radical (unpaired) electrons. The fraction of sp³-hybridized carbons (Fsp3) is 0. The first kappa shape index (κ1) is 11.9. The van der Waals surface area contributed by atoms with Gasteiger partial charge in [-0.05, 0) is 46.0 Å². The molecule has 0 saturated heterocycles.